The summed E-state index contributed by atoms with van der Waals surface area (Å²) >= 11 is 0. The van der Waals surface area contributed by atoms with Gasteiger partial charge in [-0.3, -0.25) is 4.79 Å². The molecule has 0 atom stereocenters. The van der Waals surface area contributed by atoms with Crippen molar-refractivity contribution < 1.29 is 13.9 Å². The van der Waals surface area contributed by atoms with Gasteiger partial charge in [0.2, 0.25) is 0 Å². The molecule has 3 aromatic rings. The fraction of sp³-hybridized carbons (Fsp3) is 0.316. The van der Waals surface area contributed by atoms with Gasteiger partial charge in [-0.25, -0.2) is 0 Å². The predicted molar refractivity (Wildman–Crippen MR) is 93.7 cm³/mol. The number of aldehydes is 1. The molecule has 1 aromatic carbocycles. The lowest BCUT2D eigenvalue weighted by molar-refractivity contribution is 0.112. The van der Waals surface area contributed by atoms with Crippen LogP contribution in [0.5, 0.6) is 0 Å². The Balaban J connectivity index is 0.000000223. The number of hydrogen-bond acceptors (Lipinski definition) is 4. The highest BCUT2D eigenvalue weighted by atomic mass is 16.5. The van der Waals surface area contributed by atoms with Crippen LogP contribution in [0.2, 0.25) is 0 Å². The first kappa shape index (κ1) is 17.0. The van der Waals surface area contributed by atoms with Crippen molar-refractivity contribution in [1.29, 1.82) is 0 Å². The van der Waals surface area contributed by atoms with Crippen molar-refractivity contribution >= 4 is 23.1 Å². The number of aryl methyl sites for hydroxylation is 1. The fourth-order valence-corrected chi connectivity index (χ4v) is 2.37. The molecule has 3 rings (SSSR count). The molecule has 0 aliphatic carbocycles. The van der Waals surface area contributed by atoms with E-state index >= 15 is 0 Å². The number of anilines is 1. The van der Waals surface area contributed by atoms with Gasteiger partial charge in [-0.2, -0.15) is 0 Å². The van der Waals surface area contributed by atoms with Crippen molar-refractivity contribution in [2.45, 2.75) is 13.8 Å². The number of nitrogens with zero attached hydrogens (tertiary/aromatic N) is 1. The zero-order chi connectivity index (χ0) is 16.7. The van der Waals surface area contributed by atoms with Crippen LogP contribution in [0.3, 0.4) is 0 Å². The van der Waals surface area contributed by atoms with Gasteiger partial charge in [0.15, 0.2) is 0 Å². The van der Waals surface area contributed by atoms with Crippen LogP contribution < -0.4 is 4.90 Å². The monoisotopic (exact) mass is 313 g/mol. The SMILES string of the molecule is CCN(CCOC)c1ccc(C=O)c(C)c1.c1cc2ccc1o2. The second-order valence-electron chi connectivity index (χ2n) is 5.30. The average molecular weight is 313 g/mol. The number of carbonyl (C=O) groups is 1. The maximum absolute atomic E-state index is 10.7. The molecule has 0 aliphatic rings. The Kier molecular flexibility index (Phi) is 6.18. The highest BCUT2D eigenvalue weighted by molar-refractivity contribution is 5.78. The summed E-state index contributed by atoms with van der Waals surface area (Å²) in [4.78, 5) is 12.9. The van der Waals surface area contributed by atoms with Gasteiger partial charge < -0.3 is 14.1 Å². The third-order valence-electron chi connectivity index (χ3n) is 3.75. The lowest BCUT2D eigenvalue weighted by Gasteiger charge is -2.23. The molecule has 0 unspecified atom stereocenters. The van der Waals surface area contributed by atoms with E-state index < -0.39 is 0 Å². The Morgan fingerprint density at radius 1 is 1.13 bits per heavy atom. The molecule has 2 aromatic heterocycles. The van der Waals surface area contributed by atoms with Gasteiger partial charge in [-0.05, 0) is 61.9 Å². The third kappa shape index (κ3) is 4.57. The third-order valence-corrected chi connectivity index (χ3v) is 3.75. The quantitative estimate of drug-likeness (QED) is 0.641. The van der Waals surface area contributed by atoms with Crippen LogP contribution in [0.4, 0.5) is 5.69 Å². The van der Waals surface area contributed by atoms with Gasteiger partial charge >= 0.3 is 0 Å². The Morgan fingerprint density at radius 2 is 1.78 bits per heavy atom. The first-order valence-corrected chi connectivity index (χ1v) is 7.75. The molecule has 0 saturated carbocycles. The van der Waals surface area contributed by atoms with Crippen molar-refractivity contribution in [1.82, 2.24) is 0 Å². The van der Waals surface area contributed by atoms with Crippen molar-refractivity contribution in [2.75, 3.05) is 31.7 Å². The normalized spacial score (nSPS) is 10.4. The Bertz CT molecular complexity index is 675. The second kappa shape index (κ2) is 8.34. The lowest BCUT2D eigenvalue weighted by atomic mass is 10.1. The highest BCUT2D eigenvalue weighted by Crippen LogP contribution is 2.18. The summed E-state index contributed by atoms with van der Waals surface area (Å²) in [6.45, 7) is 6.58. The molecule has 122 valence electrons. The number of carbonyl (C=O) groups excluding carboxylic acids is 1. The number of benzene rings is 2. The molecule has 0 amide bonds. The minimum absolute atomic E-state index is 0.711. The largest absolute Gasteiger partial charge is 0.457 e. The minimum Gasteiger partial charge on any atom is -0.457 e. The molecule has 23 heavy (non-hydrogen) atoms. The van der Waals surface area contributed by atoms with Crippen LogP contribution in [0.1, 0.15) is 22.8 Å². The number of methoxy groups -OCH3 is 1. The summed E-state index contributed by atoms with van der Waals surface area (Å²) < 4.78 is 10.2. The van der Waals surface area contributed by atoms with Crippen LogP contribution in [-0.4, -0.2) is 33.1 Å². The molecule has 4 nitrogen and oxygen atoms in total. The van der Waals surface area contributed by atoms with Crippen LogP contribution in [-0.2, 0) is 4.74 Å². The Labute approximate surface area is 137 Å². The Hall–Kier alpha value is -2.33. The van der Waals surface area contributed by atoms with Gasteiger partial charge in [0, 0.05) is 31.5 Å². The van der Waals surface area contributed by atoms with E-state index in [4.69, 9.17) is 9.15 Å². The van der Waals surface area contributed by atoms with Crippen LogP contribution in [0, 0.1) is 6.92 Å². The Morgan fingerprint density at radius 3 is 2.17 bits per heavy atom. The van der Waals surface area contributed by atoms with E-state index in [0.717, 1.165) is 47.4 Å². The van der Waals surface area contributed by atoms with E-state index in [-0.39, 0.29) is 0 Å². The molecule has 4 heteroatoms. The smallest absolute Gasteiger partial charge is 0.150 e. The van der Waals surface area contributed by atoms with E-state index in [0.29, 0.717) is 6.61 Å². The minimum atomic E-state index is 0.711. The van der Waals surface area contributed by atoms with Crippen LogP contribution in [0.15, 0.2) is 46.9 Å². The second-order valence-corrected chi connectivity index (χ2v) is 5.30. The number of ether oxygens (including phenoxy) is 1. The standard InChI is InChI=1S/C13H19NO2.C6H4O/c1-4-14(7-8-16-3)13-6-5-12(10-15)11(2)9-13;1-2-6-4-3-5(1)7-6/h5-6,9-10H,4,7-8H2,1-3H3;1-4H. The van der Waals surface area contributed by atoms with Gasteiger partial charge in [0.25, 0.3) is 0 Å². The molecule has 0 spiro atoms. The fourth-order valence-electron chi connectivity index (χ4n) is 2.37. The van der Waals surface area contributed by atoms with Crippen molar-refractivity contribution in [3.05, 3.63) is 53.6 Å². The summed E-state index contributed by atoms with van der Waals surface area (Å²) in [6, 6.07) is 13.7. The van der Waals surface area contributed by atoms with Crippen molar-refractivity contribution in [2.24, 2.45) is 0 Å². The summed E-state index contributed by atoms with van der Waals surface area (Å²) in [7, 11) is 1.70. The van der Waals surface area contributed by atoms with E-state index in [1.165, 1.54) is 0 Å². The predicted octanol–water partition coefficient (Wildman–Crippen LogP) is 4.15. The topological polar surface area (TPSA) is 42.7 Å². The molecule has 0 aliphatic heterocycles. The van der Waals surface area contributed by atoms with Crippen molar-refractivity contribution in [3.8, 4) is 0 Å². The zero-order valence-electron chi connectivity index (χ0n) is 13.9. The molecule has 0 saturated heterocycles. The molecule has 0 fully saturated rings. The van der Waals surface area contributed by atoms with Crippen LogP contribution >= 0.6 is 0 Å². The maximum Gasteiger partial charge on any atom is 0.150 e. The average Bonchev–Trinajstić information content (AvgIpc) is 3.22. The molecular weight excluding hydrogens is 290 g/mol. The lowest BCUT2D eigenvalue weighted by Crippen LogP contribution is -2.26. The van der Waals surface area contributed by atoms with Crippen molar-refractivity contribution in [3.63, 3.8) is 0 Å². The molecule has 2 heterocycles. The van der Waals surface area contributed by atoms with E-state index in [1.54, 1.807) is 7.11 Å². The van der Waals surface area contributed by atoms with Gasteiger partial charge in [0.1, 0.15) is 17.5 Å². The first-order chi connectivity index (χ1) is 11.2. The van der Waals surface area contributed by atoms with Gasteiger partial charge in [0.05, 0.1) is 6.61 Å². The highest BCUT2D eigenvalue weighted by Gasteiger charge is 2.05. The zero-order valence-corrected chi connectivity index (χ0v) is 13.9. The van der Waals surface area contributed by atoms with E-state index in [1.807, 2.05) is 49.4 Å². The molecule has 2 bridgehead atoms. The molecule has 0 radical (unpaired) electrons. The molecular formula is C19H23NO3. The van der Waals surface area contributed by atoms with Gasteiger partial charge in [-0.1, -0.05) is 0 Å². The van der Waals surface area contributed by atoms with Gasteiger partial charge in [-0.15, -0.1) is 0 Å². The summed E-state index contributed by atoms with van der Waals surface area (Å²) in [5, 5.41) is 0. The number of furan rings is 2. The summed E-state index contributed by atoms with van der Waals surface area (Å²) in [5.41, 5.74) is 4.85. The van der Waals surface area contributed by atoms with E-state index in [9.17, 15) is 4.79 Å². The number of rotatable bonds is 6. The number of hydrogen-bond donors (Lipinski definition) is 0. The number of fused-ring (bicyclic) bond motifs is 2. The summed E-state index contributed by atoms with van der Waals surface area (Å²) in [5.74, 6) is 0. The van der Waals surface area contributed by atoms with E-state index in [2.05, 4.69) is 11.8 Å². The first-order valence-electron chi connectivity index (χ1n) is 7.75. The van der Waals surface area contributed by atoms with Crippen LogP contribution in [0.25, 0.3) is 11.2 Å². The number of likely N-dealkylation sites (N-methyl/N-ethyl adjacent to an activating group) is 1. The maximum atomic E-state index is 10.7. The molecule has 0 N–H and O–H groups in total. The summed E-state index contributed by atoms with van der Waals surface area (Å²) in [6.07, 6.45) is 0.893.